The Morgan fingerprint density at radius 3 is 2.65 bits per heavy atom. The normalized spacial score (nSPS) is 11.0. The van der Waals surface area contributed by atoms with E-state index in [4.69, 9.17) is 4.74 Å². The molecule has 156 valence electrons. The van der Waals surface area contributed by atoms with Crippen LogP contribution in [0.3, 0.4) is 0 Å². The van der Waals surface area contributed by atoms with Crippen LogP contribution < -0.4 is 10.1 Å². The Bertz CT molecular complexity index is 1200. The molecule has 0 aliphatic carbocycles. The van der Waals surface area contributed by atoms with Gasteiger partial charge in [-0.05, 0) is 66.1 Å². The number of nitrogens with zero attached hydrogens (tertiary/aromatic N) is 1. The fourth-order valence-corrected chi connectivity index (χ4v) is 3.76. The second-order valence-corrected chi connectivity index (χ2v) is 7.84. The maximum absolute atomic E-state index is 13.5. The monoisotopic (exact) mass is 478 g/mol. The minimum Gasteiger partial charge on any atom is -0.496 e. The van der Waals surface area contributed by atoms with Crippen LogP contribution in [0.15, 0.2) is 70.7 Å². The van der Waals surface area contributed by atoms with Gasteiger partial charge in [0.15, 0.2) is 0 Å². The number of carbonyl (C=O) groups is 1. The number of aryl methyl sites for hydroxylation is 1. The van der Waals surface area contributed by atoms with Crippen LogP contribution in [-0.2, 0) is 11.2 Å². The Balaban J connectivity index is 1.89. The van der Waals surface area contributed by atoms with E-state index in [1.165, 1.54) is 18.2 Å². The summed E-state index contributed by atoms with van der Waals surface area (Å²) in [5.41, 5.74) is 3.86. The molecule has 0 radical (unpaired) electrons. The molecule has 0 spiro atoms. The van der Waals surface area contributed by atoms with Crippen molar-refractivity contribution in [3.8, 4) is 11.8 Å². The zero-order valence-electron chi connectivity index (χ0n) is 17.1. The van der Waals surface area contributed by atoms with E-state index in [-0.39, 0.29) is 11.4 Å². The zero-order valence-corrected chi connectivity index (χ0v) is 18.7. The molecule has 31 heavy (non-hydrogen) atoms. The molecule has 4 nitrogen and oxygen atoms in total. The third kappa shape index (κ3) is 5.80. The second-order valence-electron chi connectivity index (χ2n) is 6.98. The summed E-state index contributed by atoms with van der Waals surface area (Å²) in [6.45, 7) is 1.92. The van der Waals surface area contributed by atoms with Gasteiger partial charge < -0.3 is 10.1 Å². The molecule has 0 saturated carbocycles. The number of halogens is 2. The molecule has 0 fully saturated rings. The molecule has 3 rings (SSSR count). The lowest BCUT2D eigenvalue weighted by Crippen LogP contribution is -2.13. The Kier molecular flexibility index (Phi) is 7.22. The van der Waals surface area contributed by atoms with Crippen LogP contribution >= 0.6 is 15.9 Å². The standard InChI is InChI=1S/C25H20BrFN2O2/c1-16-5-3-8-21(9-16)29-25(30)19(15-28)10-18-13-23(26)22(24(14-18)31-2)12-17-6-4-7-20(27)11-17/h3-11,13-14H,12H2,1-2H3,(H,29,30)/b19-10+. The van der Waals surface area contributed by atoms with Crippen LogP contribution in [-0.4, -0.2) is 13.0 Å². The van der Waals surface area contributed by atoms with Crippen LogP contribution in [0.2, 0.25) is 0 Å². The highest BCUT2D eigenvalue weighted by molar-refractivity contribution is 9.10. The number of hydrogen-bond acceptors (Lipinski definition) is 3. The molecule has 0 aromatic heterocycles. The van der Waals surface area contributed by atoms with Crippen molar-refractivity contribution in [3.05, 3.63) is 98.8 Å². The minimum absolute atomic E-state index is 0.0339. The highest BCUT2D eigenvalue weighted by atomic mass is 79.9. The number of ether oxygens (including phenoxy) is 1. The van der Waals surface area contributed by atoms with Crippen molar-refractivity contribution < 1.29 is 13.9 Å². The van der Waals surface area contributed by atoms with E-state index in [0.29, 0.717) is 23.4 Å². The third-order valence-corrected chi connectivity index (χ3v) is 5.33. The number of nitrogens with one attached hydrogen (secondary N) is 1. The van der Waals surface area contributed by atoms with Gasteiger partial charge in [0.05, 0.1) is 7.11 Å². The fourth-order valence-electron chi connectivity index (χ4n) is 3.16. The summed E-state index contributed by atoms with van der Waals surface area (Å²) in [6, 6.07) is 19.2. The van der Waals surface area contributed by atoms with Gasteiger partial charge >= 0.3 is 0 Å². The molecule has 0 saturated heterocycles. The largest absolute Gasteiger partial charge is 0.496 e. The smallest absolute Gasteiger partial charge is 0.266 e. The van der Waals surface area contributed by atoms with Gasteiger partial charge in [-0.3, -0.25) is 4.79 Å². The molecular weight excluding hydrogens is 459 g/mol. The molecule has 0 heterocycles. The van der Waals surface area contributed by atoms with Gasteiger partial charge in [0.25, 0.3) is 5.91 Å². The van der Waals surface area contributed by atoms with Gasteiger partial charge in [0, 0.05) is 22.1 Å². The maximum atomic E-state index is 13.5. The third-order valence-electron chi connectivity index (χ3n) is 4.62. The summed E-state index contributed by atoms with van der Waals surface area (Å²) in [6.07, 6.45) is 1.97. The van der Waals surface area contributed by atoms with Crippen molar-refractivity contribution in [2.24, 2.45) is 0 Å². The Labute approximate surface area is 189 Å². The SMILES string of the molecule is COc1cc(/C=C(\C#N)C(=O)Nc2cccc(C)c2)cc(Br)c1Cc1cccc(F)c1. The van der Waals surface area contributed by atoms with Crippen molar-refractivity contribution in [1.82, 2.24) is 0 Å². The van der Waals surface area contributed by atoms with E-state index in [1.54, 1.807) is 31.4 Å². The summed E-state index contributed by atoms with van der Waals surface area (Å²) in [5, 5.41) is 12.2. The van der Waals surface area contributed by atoms with Crippen molar-refractivity contribution in [1.29, 1.82) is 5.26 Å². The molecule has 0 unspecified atom stereocenters. The molecular formula is C25H20BrFN2O2. The number of methoxy groups -OCH3 is 1. The number of benzene rings is 3. The number of anilines is 1. The molecule has 3 aromatic carbocycles. The highest BCUT2D eigenvalue weighted by Gasteiger charge is 2.14. The Morgan fingerprint density at radius 1 is 1.19 bits per heavy atom. The number of carbonyl (C=O) groups excluding carboxylic acids is 1. The lowest BCUT2D eigenvalue weighted by molar-refractivity contribution is -0.112. The first kappa shape index (κ1) is 22.3. The van der Waals surface area contributed by atoms with E-state index < -0.39 is 5.91 Å². The van der Waals surface area contributed by atoms with Crippen LogP contribution in [0, 0.1) is 24.1 Å². The molecule has 6 heteroatoms. The number of rotatable bonds is 6. The first-order chi connectivity index (χ1) is 14.9. The lowest BCUT2D eigenvalue weighted by Gasteiger charge is -2.13. The summed E-state index contributed by atoms with van der Waals surface area (Å²) < 4.78 is 19.8. The minimum atomic E-state index is -0.493. The van der Waals surface area contributed by atoms with Crippen LogP contribution in [0.4, 0.5) is 10.1 Å². The molecule has 0 bridgehead atoms. The van der Waals surface area contributed by atoms with Gasteiger partial charge in [-0.1, -0.05) is 40.2 Å². The number of hydrogen-bond donors (Lipinski definition) is 1. The zero-order chi connectivity index (χ0) is 22.4. The maximum Gasteiger partial charge on any atom is 0.266 e. The summed E-state index contributed by atoms with van der Waals surface area (Å²) >= 11 is 3.54. The molecule has 1 N–H and O–H groups in total. The van der Waals surface area contributed by atoms with Gasteiger partial charge in [-0.25, -0.2) is 4.39 Å². The first-order valence-electron chi connectivity index (χ1n) is 9.50. The first-order valence-corrected chi connectivity index (χ1v) is 10.3. The van der Waals surface area contributed by atoms with E-state index in [9.17, 15) is 14.4 Å². The molecule has 0 aliphatic heterocycles. The number of amides is 1. The van der Waals surface area contributed by atoms with Crippen molar-refractivity contribution >= 4 is 33.6 Å². The topological polar surface area (TPSA) is 62.1 Å². The van der Waals surface area contributed by atoms with Crippen LogP contribution in [0.25, 0.3) is 6.08 Å². The molecule has 0 aliphatic rings. The van der Waals surface area contributed by atoms with Crippen molar-refractivity contribution in [2.75, 3.05) is 12.4 Å². The highest BCUT2D eigenvalue weighted by Crippen LogP contribution is 2.32. The summed E-state index contributed by atoms with van der Waals surface area (Å²) in [7, 11) is 1.54. The van der Waals surface area contributed by atoms with Gasteiger partial charge in [-0.15, -0.1) is 0 Å². The van der Waals surface area contributed by atoms with Crippen molar-refractivity contribution in [2.45, 2.75) is 13.3 Å². The second kappa shape index (κ2) is 10.1. The quantitative estimate of drug-likeness (QED) is 0.346. The number of nitriles is 1. The Hall–Kier alpha value is -3.43. The van der Waals surface area contributed by atoms with E-state index in [2.05, 4.69) is 21.2 Å². The van der Waals surface area contributed by atoms with Crippen LogP contribution in [0.5, 0.6) is 5.75 Å². The predicted molar refractivity (Wildman–Crippen MR) is 123 cm³/mol. The van der Waals surface area contributed by atoms with Crippen LogP contribution in [0.1, 0.15) is 22.3 Å². The molecule has 0 atom stereocenters. The summed E-state index contributed by atoms with van der Waals surface area (Å²) in [4.78, 5) is 12.6. The van der Waals surface area contributed by atoms with Gasteiger partial charge in [-0.2, -0.15) is 5.26 Å². The van der Waals surface area contributed by atoms with Crippen molar-refractivity contribution in [3.63, 3.8) is 0 Å². The van der Waals surface area contributed by atoms with E-state index in [0.717, 1.165) is 21.2 Å². The Morgan fingerprint density at radius 2 is 1.97 bits per heavy atom. The fraction of sp³-hybridized carbons (Fsp3) is 0.120. The predicted octanol–water partition coefficient (Wildman–Crippen LogP) is 6.04. The molecule has 3 aromatic rings. The molecule has 1 amide bonds. The average molecular weight is 479 g/mol. The van der Waals surface area contributed by atoms with E-state index in [1.807, 2.05) is 37.3 Å². The van der Waals surface area contributed by atoms with Gasteiger partial charge in [0.1, 0.15) is 23.2 Å². The van der Waals surface area contributed by atoms with Gasteiger partial charge in [0.2, 0.25) is 0 Å². The summed E-state index contributed by atoms with van der Waals surface area (Å²) in [5.74, 6) is -0.223. The van der Waals surface area contributed by atoms with E-state index >= 15 is 0 Å². The average Bonchev–Trinajstić information content (AvgIpc) is 2.73. The lowest BCUT2D eigenvalue weighted by atomic mass is 10.0.